The lowest BCUT2D eigenvalue weighted by atomic mass is 9.78. The van der Waals surface area contributed by atoms with Crippen LogP contribution in [-0.2, 0) is 0 Å². The summed E-state index contributed by atoms with van der Waals surface area (Å²) in [6, 6.07) is 0. The number of fused-ring (bicyclic) bond motifs is 2. The molecular weight excluding hydrogens is 158 g/mol. The van der Waals surface area contributed by atoms with Crippen molar-refractivity contribution in [2.45, 2.75) is 38.5 Å². The van der Waals surface area contributed by atoms with Gasteiger partial charge in [-0.3, -0.25) is 0 Å². The molecule has 0 spiro atoms. The van der Waals surface area contributed by atoms with E-state index in [9.17, 15) is 0 Å². The van der Waals surface area contributed by atoms with Crippen molar-refractivity contribution >= 4 is 0 Å². The minimum absolute atomic E-state index is 0.874. The summed E-state index contributed by atoms with van der Waals surface area (Å²) in [6.07, 6.45) is 9.14. The maximum atomic E-state index is 5.83. The predicted molar refractivity (Wildman–Crippen MR) is 54.2 cm³/mol. The second-order valence-corrected chi connectivity index (χ2v) is 5.77. The predicted octanol–water partition coefficient (Wildman–Crippen LogP) is 2.41. The van der Waals surface area contributed by atoms with E-state index in [4.69, 9.17) is 5.73 Å². The first-order valence-electron chi connectivity index (χ1n) is 6.05. The molecule has 3 aliphatic carbocycles. The molecule has 0 amide bonds. The molecule has 4 unspecified atom stereocenters. The van der Waals surface area contributed by atoms with E-state index in [0.717, 1.165) is 36.1 Å². The molecule has 3 bridgehead atoms. The van der Waals surface area contributed by atoms with Crippen molar-refractivity contribution in [2.24, 2.45) is 35.3 Å². The van der Waals surface area contributed by atoms with Crippen molar-refractivity contribution in [3.8, 4) is 0 Å². The van der Waals surface area contributed by atoms with Crippen molar-refractivity contribution in [1.82, 2.24) is 0 Å². The summed E-state index contributed by atoms with van der Waals surface area (Å²) in [5.74, 6) is 5.24. The standard InChI is InChI=1S/C12H21N/c13-7-10-2-8-1-9-4-11(3-8)12(5-9)6-10/h8-12H,1-7,13H2/t8?,9?,10?,11-,12?/m1/s1. The van der Waals surface area contributed by atoms with Gasteiger partial charge in [0, 0.05) is 0 Å². The molecule has 3 saturated carbocycles. The zero-order valence-electron chi connectivity index (χ0n) is 8.41. The zero-order chi connectivity index (χ0) is 8.84. The van der Waals surface area contributed by atoms with Gasteiger partial charge in [-0.1, -0.05) is 0 Å². The van der Waals surface area contributed by atoms with Crippen LogP contribution in [-0.4, -0.2) is 6.54 Å². The van der Waals surface area contributed by atoms with E-state index < -0.39 is 0 Å². The molecular formula is C12H21N. The zero-order valence-corrected chi connectivity index (χ0v) is 8.41. The van der Waals surface area contributed by atoms with Crippen LogP contribution in [0.5, 0.6) is 0 Å². The fraction of sp³-hybridized carbons (Fsp3) is 1.00. The third kappa shape index (κ3) is 1.32. The lowest BCUT2D eigenvalue weighted by molar-refractivity contribution is 0.239. The van der Waals surface area contributed by atoms with Gasteiger partial charge in [0.05, 0.1) is 0 Å². The molecule has 0 aromatic heterocycles. The van der Waals surface area contributed by atoms with Crippen LogP contribution in [0.4, 0.5) is 0 Å². The highest BCUT2D eigenvalue weighted by Crippen LogP contribution is 2.54. The molecule has 0 radical (unpaired) electrons. The van der Waals surface area contributed by atoms with Crippen LogP contribution in [0, 0.1) is 29.6 Å². The van der Waals surface area contributed by atoms with Crippen LogP contribution in [0.3, 0.4) is 0 Å². The molecule has 2 N–H and O–H groups in total. The quantitative estimate of drug-likeness (QED) is 0.657. The Morgan fingerprint density at radius 2 is 1.38 bits per heavy atom. The summed E-state index contributed by atoms with van der Waals surface area (Å²) in [6.45, 7) is 0.949. The van der Waals surface area contributed by atoms with Gasteiger partial charge in [0.15, 0.2) is 0 Å². The van der Waals surface area contributed by atoms with Crippen LogP contribution in [0.25, 0.3) is 0 Å². The Hall–Kier alpha value is -0.0400. The number of hydrogen-bond acceptors (Lipinski definition) is 1. The normalized spacial score (nSPS) is 53.8. The third-order valence-electron chi connectivity index (χ3n) is 4.88. The van der Waals surface area contributed by atoms with E-state index in [1.165, 1.54) is 12.8 Å². The van der Waals surface area contributed by atoms with Gasteiger partial charge in [-0.05, 0) is 74.7 Å². The van der Waals surface area contributed by atoms with Crippen molar-refractivity contribution in [2.75, 3.05) is 6.54 Å². The van der Waals surface area contributed by atoms with Gasteiger partial charge in [-0.15, -0.1) is 0 Å². The molecule has 1 heteroatoms. The van der Waals surface area contributed by atoms with Gasteiger partial charge in [-0.2, -0.15) is 0 Å². The van der Waals surface area contributed by atoms with Crippen LogP contribution in [0.15, 0.2) is 0 Å². The molecule has 3 rings (SSSR count). The maximum absolute atomic E-state index is 5.83. The van der Waals surface area contributed by atoms with Crippen LogP contribution < -0.4 is 5.73 Å². The Bertz CT molecular complexity index is 199. The summed E-state index contributed by atoms with van der Waals surface area (Å²) in [4.78, 5) is 0. The summed E-state index contributed by atoms with van der Waals surface area (Å²) in [5, 5.41) is 0. The lowest BCUT2D eigenvalue weighted by Gasteiger charge is -2.28. The van der Waals surface area contributed by atoms with Crippen molar-refractivity contribution in [3.63, 3.8) is 0 Å². The number of nitrogens with two attached hydrogens (primary N) is 1. The molecule has 5 atom stereocenters. The van der Waals surface area contributed by atoms with E-state index in [-0.39, 0.29) is 0 Å². The maximum Gasteiger partial charge on any atom is -0.00487 e. The first kappa shape index (κ1) is 8.28. The van der Waals surface area contributed by atoms with Gasteiger partial charge in [0.1, 0.15) is 0 Å². The van der Waals surface area contributed by atoms with Gasteiger partial charge < -0.3 is 5.73 Å². The second-order valence-electron chi connectivity index (χ2n) is 5.77. The molecule has 0 aliphatic heterocycles. The van der Waals surface area contributed by atoms with Crippen molar-refractivity contribution in [1.29, 1.82) is 0 Å². The lowest BCUT2D eigenvalue weighted by Crippen LogP contribution is -2.21. The summed E-state index contributed by atoms with van der Waals surface area (Å²) >= 11 is 0. The average Bonchev–Trinajstić information content (AvgIpc) is 2.32. The molecule has 0 heterocycles. The Morgan fingerprint density at radius 1 is 0.769 bits per heavy atom. The van der Waals surface area contributed by atoms with Gasteiger partial charge >= 0.3 is 0 Å². The molecule has 0 aromatic carbocycles. The first-order chi connectivity index (χ1) is 6.35. The van der Waals surface area contributed by atoms with Gasteiger partial charge in [0.2, 0.25) is 0 Å². The Kier molecular flexibility index (Phi) is 1.90. The minimum atomic E-state index is 0.874. The molecule has 0 aromatic rings. The SMILES string of the molecule is NCC1CC2CC3CC(C1)[C@H](C2)C3. The Labute approximate surface area is 81.1 Å². The largest absolute Gasteiger partial charge is 0.330 e. The molecule has 3 fully saturated rings. The van der Waals surface area contributed by atoms with Crippen molar-refractivity contribution < 1.29 is 0 Å². The van der Waals surface area contributed by atoms with E-state index in [0.29, 0.717) is 0 Å². The fourth-order valence-electron chi connectivity index (χ4n) is 4.48. The van der Waals surface area contributed by atoms with Gasteiger partial charge in [0.25, 0.3) is 0 Å². The molecule has 1 nitrogen and oxygen atoms in total. The molecule has 74 valence electrons. The Morgan fingerprint density at radius 3 is 2.08 bits per heavy atom. The number of rotatable bonds is 1. The minimum Gasteiger partial charge on any atom is -0.330 e. The highest BCUT2D eigenvalue weighted by atomic mass is 14.6. The highest BCUT2D eigenvalue weighted by Gasteiger charge is 2.44. The highest BCUT2D eigenvalue weighted by molar-refractivity contribution is 4.95. The van der Waals surface area contributed by atoms with Crippen molar-refractivity contribution in [3.05, 3.63) is 0 Å². The third-order valence-corrected chi connectivity index (χ3v) is 4.88. The Balaban J connectivity index is 1.82. The second kappa shape index (κ2) is 2.98. The number of hydrogen-bond donors (Lipinski definition) is 1. The fourth-order valence-corrected chi connectivity index (χ4v) is 4.48. The van der Waals surface area contributed by atoms with E-state index in [1.54, 1.807) is 25.7 Å². The summed E-state index contributed by atoms with van der Waals surface area (Å²) < 4.78 is 0. The summed E-state index contributed by atoms with van der Waals surface area (Å²) in [5.41, 5.74) is 5.83. The van der Waals surface area contributed by atoms with E-state index >= 15 is 0 Å². The monoisotopic (exact) mass is 179 g/mol. The van der Waals surface area contributed by atoms with Crippen LogP contribution >= 0.6 is 0 Å². The molecule has 13 heavy (non-hydrogen) atoms. The van der Waals surface area contributed by atoms with E-state index in [2.05, 4.69) is 0 Å². The topological polar surface area (TPSA) is 26.0 Å². The van der Waals surface area contributed by atoms with E-state index in [1.807, 2.05) is 0 Å². The smallest absolute Gasteiger partial charge is 0.00487 e. The first-order valence-corrected chi connectivity index (χ1v) is 6.05. The van der Waals surface area contributed by atoms with Crippen LogP contribution in [0.2, 0.25) is 0 Å². The molecule has 0 saturated heterocycles. The summed E-state index contributed by atoms with van der Waals surface area (Å²) in [7, 11) is 0. The molecule has 3 aliphatic rings. The van der Waals surface area contributed by atoms with Gasteiger partial charge in [-0.25, -0.2) is 0 Å². The average molecular weight is 179 g/mol. The van der Waals surface area contributed by atoms with Crippen LogP contribution in [0.1, 0.15) is 38.5 Å².